The first-order chi connectivity index (χ1) is 9.02. The molecule has 2 unspecified atom stereocenters. The Morgan fingerprint density at radius 2 is 2.11 bits per heavy atom. The predicted octanol–water partition coefficient (Wildman–Crippen LogP) is 3.37. The maximum atomic E-state index is 13.2. The molecule has 104 valence electrons. The van der Waals surface area contributed by atoms with Gasteiger partial charge in [0.15, 0.2) is 11.6 Å². The van der Waals surface area contributed by atoms with E-state index < -0.39 is 30.4 Å². The number of carbonyl (C=O) groups is 1. The quantitative estimate of drug-likeness (QED) is 0.897. The van der Waals surface area contributed by atoms with Gasteiger partial charge in [-0.3, -0.25) is 4.39 Å². The fourth-order valence-electron chi connectivity index (χ4n) is 2.44. The van der Waals surface area contributed by atoms with E-state index in [2.05, 4.69) is 0 Å². The number of alkyl halides is 1. The van der Waals surface area contributed by atoms with Crippen LogP contribution in [0.15, 0.2) is 18.2 Å². The minimum absolute atomic E-state index is 0.202. The highest BCUT2D eigenvalue weighted by molar-refractivity contribution is 5.66. The van der Waals surface area contributed by atoms with E-state index in [1.165, 1.54) is 6.07 Å². The van der Waals surface area contributed by atoms with Gasteiger partial charge in [0, 0.05) is 6.54 Å². The van der Waals surface area contributed by atoms with Crippen molar-refractivity contribution in [3.8, 4) is 0 Å². The third-order valence-electron chi connectivity index (χ3n) is 3.50. The Morgan fingerprint density at radius 1 is 1.37 bits per heavy atom. The average Bonchev–Trinajstić information content (AvgIpc) is 2.41. The second-order valence-electron chi connectivity index (χ2n) is 4.71. The second kappa shape index (κ2) is 5.50. The topological polar surface area (TPSA) is 40.5 Å². The Bertz CT molecular complexity index is 481. The summed E-state index contributed by atoms with van der Waals surface area (Å²) in [5.41, 5.74) is 0.361. The normalized spacial score (nSPS) is 23.4. The molecule has 0 saturated carbocycles. The highest BCUT2D eigenvalue weighted by atomic mass is 19.2. The number of nitrogens with zero attached hydrogens (tertiary/aromatic N) is 1. The van der Waals surface area contributed by atoms with Crippen LogP contribution in [0.5, 0.6) is 0 Å². The van der Waals surface area contributed by atoms with Gasteiger partial charge in [-0.15, -0.1) is 0 Å². The minimum Gasteiger partial charge on any atom is -0.465 e. The summed E-state index contributed by atoms with van der Waals surface area (Å²) < 4.78 is 38.9. The molecule has 1 saturated heterocycles. The fraction of sp³-hybridized carbons (Fsp3) is 0.462. The van der Waals surface area contributed by atoms with Crippen molar-refractivity contribution in [3.05, 3.63) is 35.4 Å². The van der Waals surface area contributed by atoms with E-state index in [1.807, 2.05) is 0 Å². The lowest BCUT2D eigenvalue weighted by molar-refractivity contribution is 0.0832. The van der Waals surface area contributed by atoms with Crippen molar-refractivity contribution < 1.29 is 23.1 Å². The van der Waals surface area contributed by atoms with Crippen molar-refractivity contribution in [3.63, 3.8) is 0 Å². The molecule has 19 heavy (non-hydrogen) atoms. The van der Waals surface area contributed by atoms with E-state index in [9.17, 15) is 18.0 Å². The highest BCUT2D eigenvalue weighted by Gasteiger charge is 2.32. The summed E-state index contributed by atoms with van der Waals surface area (Å²) in [4.78, 5) is 12.3. The van der Waals surface area contributed by atoms with E-state index in [-0.39, 0.29) is 18.9 Å². The molecule has 0 radical (unpaired) electrons. The van der Waals surface area contributed by atoms with Crippen molar-refractivity contribution in [2.75, 3.05) is 13.2 Å². The molecule has 0 aromatic heterocycles. The van der Waals surface area contributed by atoms with E-state index in [1.54, 1.807) is 0 Å². The van der Waals surface area contributed by atoms with Crippen LogP contribution in [0.3, 0.4) is 0 Å². The monoisotopic (exact) mass is 273 g/mol. The Morgan fingerprint density at radius 3 is 2.68 bits per heavy atom. The lowest BCUT2D eigenvalue weighted by atomic mass is 9.88. The molecule has 1 aromatic rings. The zero-order chi connectivity index (χ0) is 14.0. The van der Waals surface area contributed by atoms with Crippen LogP contribution in [-0.2, 0) is 0 Å². The summed E-state index contributed by atoms with van der Waals surface area (Å²) in [5.74, 6) is -2.25. The molecule has 2 atom stereocenters. The van der Waals surface area contributed by atoms with Crippen LogP contribution in [0, 0.1) is 17.6 Å². The largest absolute Gasteiger partial charge is 0.465 e. The molecule has 1 aromatic carbocycles. The van der Waals surface area contributed by atoms with Crippen LogP contribution >= 0.6 is 0 Å². The number of hydrogen-bond acceptors (Lipinski definition) is 1. The van der Waals surface area contributed by atoms with Crippen molar-refractivity contribution in [1.29, 1.82) is 0 Å². The first-order valence-corrected chi connectivity index (χ1v) is 6.03. The van der Waals surface area contributed by atoms with Crippen LogP contribution in [0.2, 0.25) is 0 Å². The first kappa shape index (κ1) is 13.7. The van der Waals surface area contributed by atoms with Crippen LogP contribution < -0.4 is 0 Å². The number of piperidine rings is 1. The SMILES string of the molecule is O=C(O)N1CCC(CF)CC1c1ccc(F)c(F)c1. The van der Waals surface area contributed by atoms with Crippen LogP contribution in [0.25, 0.3) is 0 Å². The minimum atomic E-state index is -1.13. The number of amides is 1. The number of halogens is 3. The van der Waals surface area contributed by atoms with Gasteiger partial charge in [0.1, 0.15) is 0 Å². The van der Waals surface area contributed by atoms with Crippen molar-refractivity contribution >= 4 is 6.09 Å². The third kappa shape index (κ3) is 2.83. The molecule has 2 rings (SSSR count). The van der Waals surface area contributed by atoms with E-state index in [0.29, 0.717) is 12.0 Å². The zero-order valence-corrected chi connectivity index (χ0v) is 10.2. The van der Waals surface area contributed by atoms with Crippen molar-refractivity contribution in [2.24, 2.45) is 5.92 Å². The zero-order valence-electron chi connectivity index (χ0n) is 10.2. The Kier molecular flexibility index (Phi) is 3.97. The lowest BCUT2D eigenvalue weighted by Gasteiger charge is -2.37. The maximum absolute atomic E-state index is 13.2. The van der Waals surface area contributed by atoms with Gasteiger partial charge in [-0.25, -0.2) is 13.6 Å². The summed E-state index contributed by atoms with van der Waals surface area (Å²) in [6.45, 7) is -0.332. The third-order valence-corrected chi connectivity index (χ3v) is 3.50. The molecule has 3 nitrogen and oxygen atoms in total. The number of hydrogen-bond donors (Lipinski definition) is 1. The van der Waals surface area contributed by atoms with E-state index >= 15 is 0 Å². The van der Waals surface area contributed by atoms with Gasteiger partial charge in [0.2, 0.25) is 0 Å². The van der Waals surface area contributed by atoms with Gasteiger partial charge in [-0.2, -0.15) is 0 Å². The maximum Gasteiger partial charge on any atom is 0.407 e. The van der Waals surface area contributed by atoms with Crippen LogP contribution in [0.4, 0.5) is 18.0 Å². The Balaban J connectivity index is 2.30. The Labute approximate surface area is 108 Å². The Hall–Kier alpha value is -1.72. The molecule has 0 spiro atoms. The average molecular weight is 273 g/mol. The molecular weight excluding hydrogens is 259 g/mol. The number of rotatable bonds is 2. The number of likely N-dealkylation sites (tertiary alicyclic amines) is 1. The van der Waals surface area contributed by atoms with Gasteiger partial charge < -0.3 is 10.0 Å². The van der Waals surface area contributed by atoms with Gasteiger partial charge in [0.25, 0.3) is 0 Å². The molecule has 1 heterocycles. The molecule has 1 aliphatic heterocycles. The molecule has 0 bridgehead atoms. The molecule has 1 N–H and O–H groups in total. The van der Waals surface area contributed by atoms with Crippen LogP contribution in [-0.4, -0.2) is 29.3 Å². The number of benzene rings is 1. The summed E-state index contributed by atoms with van der Waals surface area (Å²) in [6.07, 6.45) is -0.399. The predicted molar refractivity (Wildman–Crippen MR) is 62.5 cm³/mol. The summed E-state index contributed by atoms with van der Waals surface area (Å²) in [6, 6.07) is 2.67. The van der Waals surface area contributed by atoms with Gasteiger partial charge >= 0.3 is 6.09 Å². The van der Waals surface area contributed by atoms with Crippen LogP contribution in [0.1, 0.15) is 24.4 Å². The molecule has 6 heteroatoms. The smallest absolute Gasteiger partial charge is 0.407 e. The van der Waals surface area contributed by atoms with Crippen molar-refractivity contribution in [1.82, 2.24) is 4.90 Å². The van der Waals surface area contributed by atoms with E-state index in [0.717, 1.165) is 17.0 Å². The summed E-state index contributed by atoms with van der Waals surface area (Å²) in [7, 11) is 0. The molecular formula is C13H14F3NO2. The van der Waals surface area contributed by atoms with Gasteiger partial charge in [0.05, 0.1) is 12.7 Å². The second-order valence-corrected chi connectivity index (χ2v) is 4.71. The van der Waals surface area contributed by atoms with Crippen molar-refractivity contribution in [2.45, 2.75) is 18.9 Å². The molecule has 1 amide bonds. The fourth-order valence-corrected chi connectivity index (χ4v) is 2.44. The highest BCUT2D eigenvalue weighted by Crippen LogP contribution is 2.34. The van der Waals surface area contributed by atoms with E-state index in [4.69, 9.17) is 5.11 Å². The van der Waals surface area contributed by atoms with Gasteiger partial charge in [-0.05, 0) is 36.5 Å². The lowest BCUT2D eigenvalue weighted by Crippen LogP contribution is -2.40. The molecule has 0 aliphatic carbocycles. The van der Waals surface area contributed by atoms with Gasteiger partial charge in [-0.1, -0.05) is 6.07 Å². The number of carboxylic acid groups (broad SMARTS) is 1. The standard InChI is InChI=1S/C13H14F3NO2/c14-7-8-3-4-17(13(18)19)12(5-8)9-1-2-10(15)11(16)6-9/h1-2,6,8,12H,3-5,7H2,(H,18,19). The summed E-state index contributed by atoms with van der Waals surface area (Å²) >= 11 is 0. The molecule has 1 fully saturated rings. The molecule has 1 aliphatic rings. The first-order valence-electron chi connectivity index (χ1n) is 6.03. The summed E-state index contributed by atoms with van der Waals surface area (Å²) in [5, 5.41) is 9.12.